The molecule has 1 fully saturated rings. The van der Waals surface area contributed by atoms with Crippen LogP contribution in [0.1, 0.15) is 24.2 Å². The molecule has 34 heavy (non-hydrogen) atoms. The van der Waals surface area contributed by atoms with Gasteiger partial charge >= 0.3 is 6.18 Å². The minimum absolute atomic E-state index is 0.0130. The van der Waals surface area contributed by atoms with Crippen molar-refractivity contribution in [3.63, 3.8) is 0 Å². The third-order valence-electron chi connectivity index (χ3n) is 6.20. The number of aromatic nitrogens is 1. The molecular formula is C24H24F4N3O3+. The summed E-state index contributed by atoms with van der Waals surface area (Å²) in [4.78, 5) is 2.44. The smallest absolute Gasteiger partial charge is 0.431 e. The molecule has 0 unspecified atom stereocenters. The van der Waals surface area contributed by atoms with Crippen LogP contribution in [-0.2, 0) is 10.9 Å². The lowest BCUT2D eigenvalue weighted by atomic mass is 9.97. The summed E-state index contributed by atoms with van der Waals surface area (Å²) in [7, 11) is 1.46. The molecule has 5 rings (SSSR count). The summed E-state index contributed by atoms with van der Waals surface area (Å²) in [5.74, 6) is 0.371. The normalized spacial score (nSPS) is 22.9. The Balaban J connectivity index is 1.64. The molecule has 0 radical (unpaired) electrons. The van der Waals surface area contributed by atoms with Gasteiger partial charge in [-0.15, -0.1) is 0 Å². The second-order valence-corrected chi connectivity index (χ2v) is 8.48. The summed E-state index contributed by atoms with van der Waals surface area (Å²) in [5, 5.41) is 3.79. The van der Waals surface area contributed by atoms with Gasteiger partial charge in [-0.25, -0.2) is 8.97 Å². The molecule has 2 aromatic carbocycles. The Morgan fingerprint density at radius 1 is 1.18 bits per heavy atom. The van der Waals surface area contributed by atoms with Gasteiger partial charge < -0.3 is 24.5 Å². The van der Waals surface area contributed by atoms with E-state index in [1.54, 1.807) is 12.1 Å². The van der Waals surface area contributed by atoms with Crippen molar-refractivity contribution in [1.29, 1.82) is 0 Å². The highest BCUT2D eigenvalue weighted by molar-refractivity contribution is 5.98. The molecule has 0 aliphatic carbocycles. The van der Waals surface area contributed by atoms with E-state index in [0.717, 1.165) is 11.8 Å². The zero-order chi connectivity index (χ0) is 24.0. The number of hydrogen-bond acceptors (Lipinski definition) is 4. The third kappa shape index (κ3) is 4.18. The van der Waals surface area contributed by atoms with Gasteiger partial charge in [-0.3, -0.25) is 0 Å². The number of fused-ring (bicyclic) bond motifs is 2. The summed E-state index contributed by atoms with van der Waals surface area (Å²) in [6.45, 7) is 4.03. The number of nitrogens with one attached hydrogen (secondary N) is 2. The summed E-state index contributed by atoms with van der Waals surface area (Å²) >= 11 is 0. The Morgan fingerprint density at radius 2 is 2.00 bits per heavy atom. The van der Waals surface area contributed by atoms with Gasteiger partial charge in [0.1, 0.15) is 41.8 Å². The van der Waals surface area contributed by atoms with E-state index in [1.165, 1.54) is 25.3 Å². The Labute approximate surface area is 193 Å². The second kappa shape index (κ2) is 8.50. The molecule has 0 bridgehead atoms. The van der Waals surface area contributed by atoms with E-state index in [2.05, 4.69) is 14.9 Å². The first-order chi connectivity index (χ1) is 16.2. The van der Waals surface area contributed by atoms with E-state index in [1.807, 2.05) is 6.92 Å². The van der Waals surface area contributed by atoms with E-state index in [4.69, 9.17) is 14.2 Å². The number of hydrogen-bond donors (Lipinski definition) is 2. The maximum atomic E-state index is 13.9. The van der Waals surface area contributed by atoms with Gasteiger partial charge in [0, 0.05) is 34.8 Å². The zero-order valence-electron chi connectivity index (χ0n) is 18.6. The van der Waals surface area contributed by atoms with Crippen LogP contribution < -0.4 is 14.8 Å². The summed E-state index contributed by atoms with van der Waals surface area (Å²) in [5.41, 5.74) is 1.50. The number of rotatable bonds is 3. The number of methoxy groups -OCH3 is 1. The standard InChI is InChI=1S/C24H24F4N3O3/c1-13-11-31(5-6-33-13)20-12-34-21-7-14(25)3-4-16(21)23(20)30-19-9-15(32-2)8-18-17(19)10-22(29-18)24(26,27)28/h3-4,7-10,13,23,29-30H,5-6,11-12H2,1-2H3/q+1/t13-,23+/m1/s1. The minimum Gasteiger partial charge on any atom is -0.497 e. The van der Waals surface area contributed by atoms with Crippen LogP contribution in [0.15, 0.2) is 36.4 Å². The molecule has 0 saturated carbocycles. The van der Waals surface area contributed by atoms with Crippen LogP contribution in [0.5, 0.6) is 11.5 Å². The molecule has 6 nitrogen and oxygen atoms in total. The quantitative estimate of drug-likeness (QED) is 0.421. The van der Waals surface area contributed by atoms with Gasteiger partial charge in [0.05, 0.1) is 12.6 Å². The van der Waals surface area contributed by atoms with Gasteiger partial charge in [-0.2, -0.15) is 13.2 Å². The lowest BCUT2D eigenvalue weighted by Crippen LogP contribution is -2.44. The summed E-state index contributed by atoms with van der Waals surface area (Å²) in [6, 6.07) is 8.13. The monoisotopic (exact) mass is 478 g/mol. The maximum Gasteiger partial charge on any atom is 0.431 e. The first-order valence-electron chi connectivity index (χ1n) is 10.9. The highest BCUT2D eigenvalue weighted by Crippen LogP contribution is 2.39. The van der Waals surface area contributed by atoms with Crippen molar-refractivity contribution >= 4 is 22.3 Å². The molecule has 2 atom stereocenters. The van der Waals surface area contributed by atoms with Crippen molar-refractivity contribution in [3.8, 4) is 11.5 Å². The van der Waals surface area contributed by atoms with Crippen LogP contribution in [0.4, 0.5) is 23.2 Å². The molecule has 2 aliphatic heterocycles. The molecule has 2 aliphatic rings. The highest BCUT2D eigenvalue weighted by atomic mass is 19.4. The molecule has 0 amide bonds. The van der Waals surface area contributed by atoms with Crippen LogP contribution in [0.2, 0.25) is 0 Å². The van der Waals surface area contributed by atoms with Crippen molar-refractivity contribution in [2.75, 3.05) is 38.7 Å². The number of morpholine rings is 1. The molecule has 0 spiro atoms. The van der Waals surface area contributed by atoms with E-state index in [-0.39, 0.29) is 12.7 Å². The number of aromatic amines is 1. The number of ether oxygens (including phenoxy) is 3. The van der Waals surface area contributed by atoms with Gasteiger partial charge in [0.2, 0.25) is 5.71 Å². The molecule has 1 aromatic heterocycles. The van der Waals surface area contributed by atoms with Gasteiger partial charge in [-0.05, 0) is 25.1 Å². The molecule has 3 heterocycles. The lowest BCUT2D eigenvalue weighted by Gasteiger charge is -2.30. The van der Waals surface area contributed by atoms with Crippen LogP contribution in [-0.4, -0.2) is 54.8 Å². The Morgan fingerprint density at radius 3 is 2.74 bits per heavy atom. The number of halogens is 4. The molecule has 3 aromatic rings. The number of alkyl halides is 3. The van der Waals surface area contributed by atoms with Crippen LogP contribution >= 0.6 is 0 Å². The molecular weight excluding hydrogens is 454 g/mol. The molecule has 1 saturated heterocycles. The number of nitrogens with zero attached hydrogens (tertiary/aromatic N) is 1. The maximum absolute atomic E-state index is 13.9. The van der Waals surface area contributed by atoms with Crippen LogP contribution in [0, 0.1) is 5.82 Å². The Kier molecular flexibility index (Phi) is 5.63. The Hall–Kier alpha value is -3.27. The minimum atomic E-state index is -4.52. The number of H-pyrrole nitrogens is 1. The van der Waals surface area contributed by atoms with Crippen molar-refractivity contribution in [2.24, 2.45) is 0 Å². The topological polar surface area (TPSA) is 58.5 Å². The number of benzene rings is 2. The fraction of sp³-hybridized carbons (Fsp3) is 0.375. The SMILES string of the molecule is COc1cc(N[C@@H]2C(=[N+]3CCO[C@H](C)C3)COc3cc(F)ccc32)c2cc(C(F)(F)F)[nH]c2c1. The van der Waals surface area contributed by atoms with Crippen LogP contribution in [0.25, 0.3) is 10.9 Å². The van der Waals surface area contributed by atoms with Crippen molar-refractivity contribution in [3.05, 3.63) is 53.5 Å². The largest absolute Gasteiger partial charge is 0.497 e. The predicted molar refractivity (Wildman–Crippen MR) is 119 cm³/mol. The fourth-order valence-corrected chi connectivity index (χ4v) is 4.56. The number of anilines is 1. The average molecular weight is 478 g/mol. The van der Waals surface area contributed by atoms with Crippen molar-refractivity contribution in [1.82, 2.24) is 4.98 Å². The average Bonchev–Trinajstić information content (AvgIpc) is 3.24. The van der Waals surface area contributed by atoms with E-state index in [0.29, 0.717) is 53.3 Å². The second-order valence-electron chi connectivity index (χ2n) is 8.48. The molecule has 10 heteroatoms. The van der Waals surface area contributed by atoms with Crippen molar-refractivity contribution < 1.29 is 36.3 Å². The van der Waals surface area contributed by atoms with E-state index in [9.17, 15) is 17.6 Å². The van der Waals surface area contributed by atoms with Gasteiger partial charge in [0.15, 0.2) is 19.7 Å². The van der Waals surface area contributed by atoms with E-state index >= 15 is 0 Å². The van der Waals surface area contributed by atoms with E-state index < -0.39 is 23.7 Å². The fourth-order valence-electron chi connectivity index (χ4n) is 4.56. The van der Waals surface area contributed by atoms with Crippen molar-refractivity contribution in [2.45, 2.75) is 25.2 Å². The molecule has 180 valence electrons. The predicted octanol–water partition coefficient (Wildman–Crippen LogP) is 4.75. The third-order valence-corrected chi connectivity index (χ3v) is 6.20. The molecule has 2 N–H and O–H groups in total. The Bertz CT molecular complexity index is 1270. The van der Waals surface area contributed by atoms with Gasteiger partial charge in [-0.1, -0.05) is 0 Å². The van der Waals surface area contributed by atoms with Gasteiger partial charge in [0.25, 0.3) is 0 Å². The first kappa shape index (κ1) is 22.5. The summed E-state index contributed by atoms with van der Waals surface area (Å²) < 4.78 is 73.2. The lowest BCUT2D eigenvalue weighted by molar-refractivity contribution is -0.560. The highest BCUT2D eigenvalue weighted by Gasteiger charge is 2.37. The zero-order valence-corrected chi connectivity index (χ0v) is 18.6. The van der Waals surface area contributed by atoms with Crippen LogP contribution in [0.3, 0.4) is 0 Å². The summed E-state index contributed by atoms with van der Waals surface area (Å²) in [6.07, 6.45) is -4.51. The first-order valence-corrected chi connectivity index (χ1v) is 10.9.